The lowest BCUT2D eigenvalue weighted by atomic mass is 10.1. The molecule has 2 rings (SSSR count). The van der Waals surface area contributed by atoms with E-state index in [1.807, 2.05) is 12.4 Å². The molecular formula is C12H20ClN3. The van der Waals surface area contributed by atoms with Crippen molar-refractivity contribution in [1.82, 2.24) is 9.88 Å². The largest absolute Gasteiger partial charge is 0.329 e. The highest BCUT2D eigenvalue weighted by Crippen LogP contribution is 2.34. The van der Waals surface area contributed by atoms with Crippen LogP contribution in [0.1, 0.15) is 18.4 Å². The molecule has 1 aromatic heterocycles. The molecule has 0 spiro atoms. The highest BCUT2D eigenvalue weighted by atomic mass is 35.5. The standard InChI is InChI=1S/C12H19N3.ClH/c1-15(12(8-13)11-2-3-11)9-10-4-6-14-7-5-10;/h4-7,11-12H,2-3,8-9,13H2,1H3;1H. The predicted molar refractivity (Wildman–Crippen MR) is 68.5 cm³/mol. The number of hydrogen-bond acceptors (Lipinski definition) is 3. The molecule has 1 unspecified atom stereocenters. The molecule has 1 heterocycles. The Kier molecular flexibility index (Phi) is 5.19. The molecule has 4 heteroatoms. The van der Waals surface area contributed by atoms with E-state index in [9.17, 15) is 0 Å². The maximum atomic E-state index is 5.81. The summed E-state index contributed by atoms with van der Waals surface area (Å²) < 4.78 is 0. The van der Waals surface area contributed by atoms with E-state index in [1.165, 1.54) is 18.4 Å². The van der Waals surface area contributed by atoms with Crippen LogP contribution in [0.2, 0.25) is 0 Å². The van der Waals surface area contributed by atoms with Gasteiger partial charge < -0.3 is 5.73 Å². The maximum Gasteiger partial charge on any atom is 0.0271 e. The minimum atomic E-state index is 0. The average Bonchev–Trinajstić information content (AvgIpc) is 3.04. The molecule has 0 bridgehead atoms. The first kappa shape index (κ1) is 13.4. The summed E-state index contributed by atoms with van der Waals surface area (Å²) in [6.07, 6.45) is 6.39. The summed E-state index contributed by atoms with van der Waals surface area (Å²) in [5, 5.41) is 0. The highest BCUT2D eigenvalue weighted by molar-refractivity contribution is 5.85. The number of nitrogens with two attached hydrogens (primary N) is 1. The maximum absolute atomic E-state index is 5.81. The van der Waals surface area contributed by atoms with Gasteiger partial charge in [-0.3, -0.25) is 9.88 Å². The van der Waals surface area contributed by atoms with Gasteiger partial charge in [0.25, 0.3) is 0 Å². The van der Waals surface area contributed by atoms with Gasteiger partial charge in [-0.2, -0.15) is 0 Å². The Morgan fingerprint density at radius 2 is 2.06 bits per heavy atom. The molecule has 0 saturated heterocycles. The Bertz CT molecular complexity index is 300. The van der Waals surface area contributed by atoms with E-state index in [-0.39, 0.29) is 12.4 Å². The molecular weight excluding hydrogens is 222 g/mol. The number of pyridine rings is 1. The molecule has 0 aliphatic heterocycles. The number of aromatic nitrogens is 1. The molecule has 90 valence electrons. The van der Waals surface area contributed by atoms with Crippen molar-refractivity contribution >= 4 is 12.4 Å². The fourth-order valence-corrected chi connectivity index (χ4v) is 2.11. The minimum absolute atomic E-state index is 0. The highest BCUT2D eigenvalue weighted by Gasteiger charge is 2.32. The molecule has 1 aliphatic rings. The second-order valence-corrected chi connectivity index (χ2v) is 4.41. The first-order valence-corrected chi connectivity index (χ1v) is 5.60. The summed E-state index contributed by atoms with van der Waals surface area (Å²) in [7, 11) is 2.16. The molecule has 1 atom stereocenters. The minimum Gasteiger partial charge on any atom is -0.329 e. The predicted octanol–water partition coefficient (Wildman–Crippen LogP) is 1.67. The Morgan fingerprint density at radius 3 is 2.56 bits per heavy atom. The lowest BCUT2D eigenvalue weighted by Crippen LogP contribution is -2.39. The molecule has 0 radical (unpaired) electrons. The molecule has 3 nitrogen and oxygen atoms in total. The van der Waals surface area contributed by atoms with E-state index < -0.39 is 0 Å². The Morgan fingerprint density at radius 1 is 1.44 bits per heavy atom. The first-order valence-electron chi connectivity index (χ1n) is 5.60. The molecule has 1 saturated carbocycles. The Labute approximate surface area is 103 Å². The van der Waals surface area contributed by atoms with Crippen LogP contribution >= 0.6 is 12.4 Å². The van der Waals surface area contributed by atoms with Crippen molar-refractivity contribution in [3.63, 3.8) is 0 Å². The summed E-state index contributed by atoms with van der Waals surface area (Å²) in [6, 6.07) is 4.69. The number of likely N-dealkylation sites (N-methyl/N-ethyl adjacent to an activating group) is 1. The van der Waals surface area contributed by atoms with Crippen molar-refractivity contribution in [3.8, 4) is 0 Å². The smallest absolute Gasteiger partial charge is 0.0271 e. The number of hydrogen-bond donors (Lipinski definition) is 1. The third-order valence-corrected chi connectivity index (χ3v) is 3.16. The van der Waals surface area contributed by atoms with Gasteiger partial charge in [-0.25, -0.2) is 0 Å². The Balaban J connectivity index is 0.00000128. The van der Waals surface area contributed by atoms with E-state index in [4.69, 9.17) is 5.73 Å². The van der Waals surface area contributed by atoms with Gasteiger partial charge in [-0.1, -0.05) is 0 Å². The van der Waals surface area contributed by atoms with Crippen LogP contribution < -0.4 is 5.73 Å². The summed E-state index contributed by atoms with van der Waals surface area (Å²) in [5.74, 6) is 0.835. The monoisotopic (exact) mass is 241 g/mol. The van der Waals surface area contributed by atoms with Crippen LogP contribution in [0.4, 0.5) is 0 Å². The van der Waals surface area contributed by atoms with E-state index in [2.05, 4.69) is 29.1 Å². The van der Waals surface area contributed by atoms with Crippen molar-refractivity contribution in [1.29, 1.82) is 0 Å². The number of rotatable bonds is 5. The molecule has 1 aliphatic carbocycles. The van der Waals surface area contributed by atoms with Gasteiger partial charge in [0.05, 0.1) is 0 Å². The lowest BCUT2D eigenvalue weighted by Gasteiger charge is -2.26. The van der Waals surface area contributed by atoms with Gasteiger partial charge in [0.1, 0.15) is 0 Å². The van der Waals surface area contributed by atoms with Gasteiger partial charge in [0, 0.05) is 31.5 Å². The normalized spacial score (nSPS) is 16.9. The SMILES string of the molecule is CN(Cc1ccncc1)C(CN)C1CC1.Cl. The molecule has 0 amide bonds. The second kappa shape index (κ2) is 6.18. The van der Waals surface area contributed by atoms with Crippen LogP contribution in [0.3, 0.4) is 0 Å². The molecule has 1 aromatic rings. The van der Waals surface area contributed by atoms with Crippen molar-refractivity contribution < 1.29 is 0 Å². The van der Waals surface area contributed by atoms with E-state index in [0.717, 1.165) is 19.0 Å². The third kappa shape index (κ3) is 3.44. The van der Waals surface area contributed by atoms with Crippen LogP contribution in [-0.4, -0.2) is 29.5 Å². The third-order valence-electron chi connectivity index (χ3n) is 3.16. The zero-order valence-corrected chi connectivity index (χ0v) is 10.5. The summed E-state index contributed by atoms with van der Waals surface area (Å²) in [6.45, 7) is 1.74. The van der Waals surface area contributed by atoms with Crippen LogP contribution in [0.25, 0.3) is 0 Å². The summed E-state index contributed by atoms with van der Waals surface area (Å²) >= 11 is 0. The van der Waals surface area contributed by atoms with Gasteiger partial charge >= 0.3 is 0 Å². The van der Waals surface area contributed by atoms with E-state index >= 15 is 0 Å². The quantitative estimate of drug-likeness (QED) is 0.853. The zero-order chi connectivity index (χ0) is 10.7. The average molecular weight is 242 g/mol. The molecule has 16 heavy (non-hydrogen) atoms. The molecule has 2 N–H and O–H groups in total. The topological polar surface area (TPSA) is 42.2 Å². The van der Waals surface area contributed by atoms with Crippen LogP contribution in [0, 0.1) is 5.92 Å². The van der Waals surface area contributed by atoms with Crippen molar-refractivity contribution in [3.05, 3.63) is 30.1 Å². The van der Waals surface area contributed by atoms with Crippen molar-refractivity contribution in [2.24, 2.45) is 11.7 Å². The van der Waals surface area contributed by atoms with E-state index in [0.29, 0.717) is 6.04 Å². The van der Waals surface area contributed by atoms with Crippen LogP contribution in [-0.2, 0) is 6.54 Å². The van der Waals surface area contributed by atoms with Gasteiger partial charge in [0.15, 0.2) is 0 Å². The van der Waals surface area contributed by atoms with Crippen molar-refractivity contribution in [2.45, 2.75) is 25.4 Å². The number of nitrogens with zero attached hydrogens (tertiary/aromatic N) is 2. The molecule has 1 fully saturated rings. The van der Waals surface area contributed by atoms with Crippen LogP contribution in [0.5, 0.6) is 0 Å². The lowest BCUT2D eigenvalue weighted by molar-refractivity contribution is 0.215. The summed E-state index contributed by atoms with van der Waals surface area (Å²) in [4.78, 5) is 6.39. The van der Waals surface area contributed by atoms with Gasteiger partial charge in [-0.05, 0) is 43.5 Å². The van der Waals surface area contributed by atoms with E-state index in [1.54, 1.807) is 0 Å². The first-order chi connectivity index (χ1) is 7.31. The molecule has 0 aromatic carbocycles. The fraction of sp³-hybridized carbons (Fsp3) is 0.583. The van der Waals surface area contributed by atoms with Gasteiger partial charge in [-0.15, -0.1) is 12.4 Å². The summed E-state index contributed by atoms with van der Waals surface area (Å²) in [5.41, 5.74) is 7.13. The Hall–Kier alpha value is -0.640. The van der Waals surface area contributed by atoms with Crippen molar-refractivity contribution in [2.75, 3.05) is 13.6 Å². The second-order valence-electron chi connectivity index (χ2n) is 4.41. The van der Waals surface area contributed by atoms with Crippen LogP contribution in [0.15, 0.2) is 24.5 Å². The zero-order valence-electron chi connectivity index (χ0n) is 9.67. The van der Waals surface area contributed by atoms with Gasteiger partial charge in [0.2, 0.25) is 0 Å². The number of halogens is 1. The fourth-order valence-electron chi connectivity index (χ4n) is 2.11.